The molecule has 1 aromatic rings. The zero-order valence-corrected chi connectivity index (χ0v) is 7.69. The lowest BCUT2D eigenvalue weighted by Crippen LogP contribution is -2.32. The summed E-state index contributed by atoms with van der Waals surface area (Å²) in [5, 5.41) is 12.2. The van der Waals surface area contributed by atoms with E-state index in [-0.39, 0.29) is 17.7 Å². The van der Waals surface area contributed by atoms with Gasteiger partial charge in [-0.05, 0) is 19.1 Å². The van der Waals surface area contributed by atoms with Crippen molar-refractivity contribution in [1.29, 1.82) is 0 Å². The molecule has 4 nitrogen and oxygen atoms in total. The molecule has 0 bridgehead atoms. The van der Waals surface area contributed by atoms with Crippen molar-refractivity contribution >= 4 is 17.8 Å². The molecule has 4 heteroatoms. The van der Waals surface area contributed by atoms with E-state index in [1.165, 1.54) is 6.07 Å². The van der Waals surface area contributed by atoms with Crippen LogP contribution in [0.25, 0.3) is 0 Å². The predicted octanol–water partition coefficient (Wildman–Crippen LogP) is 1.23. The van der Waals surface area contributed by atoms with Gasteiger partial charge >= 0.3 is 0 Å². The molecule has 2 N–H and O–H groups in total. The van der Waals surface area contributed by atoms with Crippen LogP contribution in [0.5, 0.6) is 5.75 Å². The molecule has 0 spiro atoms. The third kappa shape index (κ3) is 1.35. The van der Waals surface area contributed by atoms with E-state index in [4.69, 9.17) is 0 Å². The maximum absolute atomic E-state index is 11.6. The molecule has 1 atom stereocenters. The summed E-state index contributed by atoms with van der Waals surface area (Å²) in [6.45, 7) is 1.82. The van der Waals surface area contributed by atoms with Gasteiger partial charge in [0.2, 0.25) is 0 Å². The standard InChI is InChI=1S/C10H10N2O2/c1-6-5-11-9-7(10(14)12-6)3-2-4-8(9)13/h2-6,13H,1H3,(H,12,14). The van der Waals surface area contributed by atoms with Crippen molar-refractivity contribution < 1.29 is 9.90 Å². The molecule has 1 aliphatic rings. The Morgan fingerprint density at radius 2 is 2.29 bits per heavy atom. The Kier molecular flexibility index (Phi) is 1.96. The number of aliphatic imine (C=N–C) groups is 1. The maximum atomic E-state index is 11.6. The monoisotopic (exact) mass is 190 g/mol. The fourth-order valence-electron chi connectivity index (χ4n) is 1.36. The summed E-state index contributed by atoms with van der Waals surface area (Å²) >= 11 is 0. The minimum Gasteiger partial charge on any atom is -0.506 e. The summed E-state index contributed by atoms with van der Waals surface area (Å²) in [6.07, 6.45) is 1.60. The fraction of sp³-hybridized carbons (Fsp3) is 0.200. The molecule has 72 valence electrons. The van der Waals surface area contributed by atoms with Crippen LogP contribution >= 0.6 is 0 Å². The van der Waals surface area contributed by atoms with Crippen LogP contribution in [-0.2, 0) is 0 Å². The largest absolute Gasteiger partial charge is 0.506 e. The average molecular weight is 190 g/mol. The Balaban J connectivity index is 2.59. The van der Waals surface area contributed by atoms with E-state index in [0.29, 0.717) is 11.3 Å². The van der Waals surface area contributed by atoms with E-state index in [1.807, 2.05) is 6.92 Å². The van der Waals surface area contributed by atoms with Gasteiger partial charge in [-0.15, -0.1) is 0 Å². The average Bonchev–Trinajstić information content (AvgIpc) is 2.28. The quantitative estimate of drug-likeness (QED) is 0.646. The van der Waals surface area contributed by atoms with Crippen molar-refractivity contribution in [2.75, 3.05) is 0 Å². The lowest BCUT2D eigenvalue weighted by molar-refractivity contribution is 0.0951. The highest BCUT2D eigenvalue weighted by Crippen LogP contribution is 2.30. The Morgan fingerprint density at radius 3 is 3.07 bits per heavy atom. The van der Waals surface area contributed by atoms with Gasteiger partial charge in [0, 0.05) is 6.21 Å². The molecule has 0 aromatic heterocycles. The second kappa shape index (κ2) is 3.14. The van der Waals surface area contributed by atoms with E-state index in [0.717, 1.165) is 0 Å². The molecule has 2 rings (SSSR count). The first-order chi connectivity index (χ1) is 6.68. The summed E-state index contributed by atoms with van der Waals surface area (Å²) in [6, 6.07) is 4.66. The lowest BCUT2D eigenvalue weighted by atomic mass is 10.1. The van der Waals surface area contributed by atoms with Crippen LogP contribution in [-0.4, -0.2) is 23.3 Å². The van der Waals surface area contributed by atoms with Gasteiger partial charge in [-0.2, -0.15) is 0 Å². The molecule has 1 heterocycles. The number of phenolic OH excluding ortho intramolecular Hbond substituents is 1. The Bertz CT molecular complexity index is 413. The summed E-state index contributed by atoms with van der Waals surface area (Å²) in [7, 11) is 0. The van der Waals surface area contributed by atoms with Gasteiger partial charge in [-0.25, -0.2) is 0 Å². The topological polar surface area (TPSA) is 61.7 Å². The van der Waals surface area contributed by atoms with Gasteiger partial charge in [-0.3, -0.25) is 9.79 Å². The van der Waals surface area contributed by atoms with Crippen molar-refractivity contribution in [3.63, 3.8) is 0 Å². The maximum Gasteiger partial charge on any atom is 0.254 e. The third-order valence-electron chi connectivity index (χ3n) is 2.05. The second-order valence-corrected chi connectivity index (χ2v) is 3.21. The molecular weight excluding hydrogens is 180 g/mol. The molecule has 1 amide bonds. The van der Waals surface area contributed by atoms with Crippen LogP contribution in [0.2, 0.25) is 0 Å². The lowest BCUT2D eigenvalue weighted by Gasteiger charge is -2.05. The van der Waals surface area contributed by atoms with Crippen molar-refractivity contribution in [2.24, 2.45) is 4.99 Å². The van der Waals surface area contributed by atoms with Crippen LogP contribution < -0.4 is 5.32 Å². The highest BCUT2D eigenvalue weighted by atomic mass is 16.3. The van der Waals surface area contributed by atoms with Crippen LogP contribution in [0.1, 0.15) is 17.3 Å². The van der Waals surface area contributed by atoms with Gasteiger partial charge in [0.15, 0.2) is 0 Å². The molecule has 0 radical (unpaired) electrons. The Labute approximate surface area is 81.3 Å². The van der Waals surface area contributed by atoms with Crippen molar-refractivity contribution in [1.82, 2.24) is 5.32 Å². The fourth-order valence-corrected chi connectivity index (χ4v) is 1.36. The van der Waals surface area contributed by atoms with Gasteiger partial charge in [0.25, 0.3) is 5.91 Å². The Hall–Kier alpha value is -1.84. The SMILES string of the molecule is CC1C=Nc2c(O)cccc2C(=O)N1. The van der Waals surface area contributed by atoms with E-state index in [2.05, 4.69) is 10.3 Å². The van der Waals surface area contributed by atoms with Gasteiger partial charge in [0.1, 0.15) is 11.4 Å². The van der Waals surface area contributed by atoms with E-state index in [1.54, 1.807) is 18.3 Å². The van der Waals surface area contributed by atoms with Gasteiger partial charge in [-0.1, -0.05) is 6.07 Å². The number of hydrogen-bond donors (Lipinski definition) is 2. The first-order valence-electron chi connectivity index (χ1n) is 4.35. The molecular formula is C10H10N2O2. The summed E-state index contributed by atoms with van der Waals surface area (Å²) in [4.78, 5) is 15.6. The number of phenols is 1. The van der Waals surface area contributed by atoms with Crippen LogP contribution in [0.15, 0.2) is 23.2 Å². The van der Waals surface area contributed by atoms with Crippen LogP contribution in [0.3, 0.4) is 0 Å². The minimum absolute atomic E-state index is 0.0306. The molecule has 1 aromatic carbocycles. The number of amides is 1. The molecule has 1 aliphatic heterocycles. The number of fused-ring (bicyclic) bond motifs is 1. The number of carbonyl (C=O) groups is 1. The van der Waals surface area contributed by atoms with Gasteiger partial charge < -0.3 is 10.4 Å². The number of benzene rings is 1. The summed E-state index contributed by atoms with van der Waals surface area (Å²) < 4.78 is 0. The summed E-state index contributed by atoms with van der Waals surface area (Å²) in [5.74, 6) is -0.177. The minimum atomic E-state index is -0.207. The number of para-hydroxylation sites is 1. The first-order valence-corrected chi connectivity index (χ1v) is 4.35. The second-order valence-electron chi connectivity index (χ2n) is 3.21. The smallest absolute Gasteiger partial charge is 0.254 e. The normalized spacial score (nSPS) is 19.8. The predicted molar refractivity (Wildman–Crippen MR) is 53.2 cm³/mol. The zero-order valence-electron chi connectivity index (χ0n) is 7.69. The van der Waals surface area contributed by atoms with Crippen molar-refractivity contribution in [3.8, 4) is 5.75 Å². The van der Waals surface area contributed by atoms with E-state index in [9.17, 15) is 9.90 Å². The number of nitrogens with one attached hydrogen (secondary N) is 1. The molecule has 1 unspecified atom stereocenters. The van der Waals surface area contributed by atoms with E-state index >= 15 is 0 Å². The first kappa shape index (κ1) is 8.74. The number of rotatable bonds is 0. The van der Waals surface area contributed by atoms with Crippen molar-refractivity contribution in [2.45, 2.75) is 13.0 Å². The molecule has 14 heavy (non-hydrogen) atoms. The van der Waals surface area contributed by atoms with E-state index < -0.39 is 0 Å². The zero-order chi connectivity index (χ0) is 10.1. The number of carbonyl (C=O) groups excluding carboxylic acids is 1. The number of aromatic hydroxyl groups is 1. The summed E-state index contributed by atoms with van der Waals surface area (Å²) in [5.41, 5.74) is 0.750. The highest BCUT2D eigenvalue weighted by Gasteiger charge is 2.18. The van der Waals surface area contributed by atoms with Gasteiger partial charge in [0.05, 0.1) is 11.6 Å². The molecule has 0 fully saturated rings. The highest BCUT2D eigenvalue weighted by molar-refractivity contribution is 6.03. The van der Waals surface area contributed by atoms with Crippen LogP contribution in [0, 0.1) is 0 Å². The van der Waals surface area contributed by atoms with Crippen LogP contribution in [0.4, 0.5) is 5.69 Å². The molecule has 0 saturated carbocycles. The molecule has 0 aliphatic carbocycles. The Morgan fingerprint density at radius 1 is 1.50 bits per heavy atom. The number of nitrogens with zero attached hydrogens (tertiary/aromatic N) is 1. The molecule has 0 saturated heterocycles. The number of hydrogen-bond acceptors (Lipinski definition) is 3. The third-order valence-corrected chi connectivity index (χ3v) is 2.05. The van der Waals surface area contributed by atoms with Crippen molar-refractivity contribution in [3.05, 3.63) is 23.8 Å².